The van der Waals surface area contributed by atoms with E-state index in [1.807, 2.05) is 18.5 Å². The van der Waals surface area contributed by atoms with Gasteiger partial charge in [-0.2, -0.15) is 0 Å². The van der Waals surface area contributed by atoms with E-state index in [0.717, 1.165) is 5.69 Å². The van der Waals surface area contributed by atoms with Gasteiger partial charge in [-0.15, -0.1) is 0 Å². The minimum Gasteiger partial charge on any atom is -0.481 e. The number of aliphatic carboxylic acids is 1. The molecule has 0 amide bonds. The number of nitrogens with zero attached hydrogens (tertiary/aromatic N) is 2. The molecule has 0 aromatic carbocycles. The molecule has 19 heavy (non-hydrogen) atoms. The SMILES string of the molecule is O=C(O)CCCNc1cc(Nc2cc[nH]c2)ncn1. The Morgan fingerprint density at radius 1 is 1.37 bits per heavy atom. The number of hydrogen-bond acceptors (Lipinski definition) is 5. The molecule has 0 radical (unpaired) electrons. The fraction of sp³-hybridized carbons (Fsp3) is 0.250. The molecule has 0 atom stereocenters. The fourth-order valence-corrected chi connectivity index (χ4v) is 1.53. The van der Waals surface area contributed by atoms with Crippen LogP contribution in [0.2, 0.25) is 0 Å². The molecule has 0 bridgehead atoms. The first-order valence-electron chi connectivity index (χ1n) is 5.91. The molecule has 2 aromatic heterocycles. The van der Waals surface area contributed by atoms with Crippen molar-refractivity contribution in [3.63, 3.8) is 0 Å². The number of hydrogen-bond donors (Lipinski definition) is 4. The highest BCUT2D eigenvalue weighted by atomic mass is 16.4. The highest BCUT2D eigenvalue weighted by Gasteiger charge is 2.00. The zero-order valence-corrected chi connectivity index (χ0v) is 10.3. The Morgan fingerprint density at radius 3 is 2.95 bits per heavy atom. The molecular weight excluding hydrogens is 246 g/mol. The van der Waals surface area contributed by atoms with Crippen LogP contribution in [0.4, 0.5) is 17.3 Å². The van der Waals surface area contributed by atoms with E-state index in [2.05, 4.69) is 25.6 Å². The van der Waals surface area contributed by atoms with Crippen LogP contribution in [0.3, 0.4) is 0 Å². The number of aromatic amines is 1. The number of rotatable bonds is 7. The van der Waals surface area contributed by atoms with Crippen LogP contribution >= 0.6 is 0 Å². The van der Waals surface area contributed by atoms with Crippen molar-refractivity contribution in [2.75, 3.05) is 17.2 Å². The number of anilines is 3. The van der Waals surface area contributed by atoms with E-state index >= 15 is 0 Å². The molecule has 0 saturated heterocycles. The summed E-state index contributed by atoms with van der Waals surface area (Å²) in [7, 11) is 0. The van der Waals surface area contributed by atoms with Crippen molar-refractivity contribution < 1.29 is 9.90 Å². The number of carboxylic acid groups (broad SMARTS) is 1. The van der Waals surface area contributed by atoms with Gasteiger partial charge in [-0.05, 0) is 12.5 Å². The lowest BCUT2D eigenvalue weighted by molar-refractivity contribution is -0.137. The molecule has 4 N–H and O–H groups in total. The van der Waals surface area contributed by atoms with E-state index in [-0.39, 0.29) is 6.42 Å². The lowest BCUT2D eigenvalue weighted by Gasteiger charge is -2.07. The van der Waals surface area contributed by atoms with Crippen LogP contribution < -0.4 is 10.6 Å². The average molecular weight is 261 g/mol. The second-order valence-corrected chi connectivity index (χ2v) is 3.94. The second kappa shape index (κ2) is 6.39. The molecule has 2 aromatic rings. The maximum atomic E-state index is 10.4. The molecular formula is C12H15N5O2. The van der Waals surface area contributed by atoms with Crippen molar-refractivity contribution in [3.05, 3.63) is 30.9 Å². The predicted octanol–water partition coefficient (Wildman–Crippen LogP) is 1.82. The molecule has 0 saturated carbocycles. The van der Waals surface area contributed by atoms with E-state index in [1.54, 1.807) is 6.07 Å². The van der Waals surface area contributed by atoms with Gasteiger partial charge in [-0.1, -0.05) is 0 Å². The standard InChI is InChI=1S/C12H15N5O2/c18-12(19)2-1-4-14-10-6-11(16-8-15-10)17-9-3-5-13-7-9/h3,5-8,13H,1-2,4H2,(H,18,19)(H2,14,15,16,17). The van der Waals surface area contributed by atoms with Gasteiger partial charge in [0.05, 0.1) is 5.69 Å². The van der Waals surface area contributed by atoms with E-state index in [4.69, 9.17) is 5.11 Å². The van der Waals surface area contributed by atoms with Crippen molar-refractivity contribution in [2.24, 2.45) is 0 Å². The number of aromatic nitrogens is 3. The van der Waals surface area contributed by atoms with Gasteiger partial charge in [0.2, 0.25) is 0 Å². The topological polar surface area (TPSA) is 103 Å². The molecule has 0 fully saturated rings. The Balaban J connectivity index is 1.86. The van der Waals surface area contributed by atoms with Crippen LogP contribution in [-0.4, -0.2) is 32.6 Å². The van der Waals surface area contributed by atoms with Crippen molar-refractivity contribution in [1.29, 1.82) is 0 Å². The molecule has 7 nitrogen and oxygen atoms in total. The van der Waals surface area contributed by atoms with Crippen LogP contribution in [0.1, 0.15) is 12.8 Å². The van der Waals surface area contributed by atoms with Gasteiger partial charge < -0.3 is 20.7 Å². The highest BCUT2D eigenvalue weighted by molar-refractivity contribution is 5.66. The number of carboxylic acids is 1. The van der Waals surface area contributed by atoms with E-state index in [1.165, 1.54) is 6.33 Å². The van der Waals surface area contributed by atoms with Crippen molar-refractivity contribution in [1.82, 2.24) is 15.0 Å². The molecule has 0 aliphatic carbocycles. The van der Waals surface area contributed by atoms with Crippen molar-refractivity contribution in [2.45, 2.75) is 12.8 Å². The molecule has 0 aliphatic heterocycles. The Hall–Kier alpha value is -2.57. The summed E-state index contributed by atoms with van der Waals surface area (Å²) in [6, 6.07) is 3.66. The van der Waals surface area contributed by atoms with Crippen molar-refractivity contribution >= 4 is 23.3 Å². The summed E-state index contributed by atoms with van der Waals surface area (Å²) in [6.07, 6.45) is 5.79. The zero-order chi connectivity index (χ0) is 13.5. The van der Waals surface area contributed by atoms with E-state index in [9.17, 15) is 4.79 Å². The van der Waals surface area contributed by atoms with Gasteiger partial charge in [0, 0.05) is 31.4 Å². The van der Waals surface area contributed by atoms with E-state index < -0.39 is 5.97 Å². The van der Waals surface area contributed by atoms with Crippen LogP contribution in [0.15, 0.2) is 30.9 Å². The lowest BCUT2D eigenvalue weighted by atomic mass is 10.3. The van der Waals surface area contributed by atoms with Crippen LogP contribution in [0, 0.1) is 0 Å². The quantitative estimate of drug-likeness (QED) is 0.567. The maximum Gasteiger partial charge on any atom is 0.303 e. The first-order chi connectivity index (χ1) is 9.24. The maximum absolute atomic E-state index is 10.4. The van der Waals surface area contributed by atoms with Crippen molar-refractivity contribution in [3.8, 4) is 0 Å². The lowest BCUT2D eigenvalue weighted by Crippen LogP contribution is -2.06. The molecule has 2 heterocycles. The third kappa shape index (κ3) is 4.30. The van der Waals surface area contributed by atoms with Crippen LogP contribution in [0.25, 0.3) is 0 Å². The van der Waals surface area contributed by atoms with Gasteiger partial charge in [0.15, 0.2) is 0 Å². The predicted molar refractivity (Wildman–Crippen MR) is 71.5 cm³/mol. The smallest absolute Gasteiger partial charge is 0.303 e. The number of nitrogens with one attached hydrogen (secondary N) is 3. The Kier molecular flexibility index (Phi) is 4.33. The fourth-order valence-electron chi connectivity index (χ4n) is 1.53. The van der Waals surface area contributed by atoms with Gasteiger partial charge >= 0.3 is 5.97 Å². The summed E-state index contributed by atoms with van der Waals surface area (Å²) >= 11 is 0. The summed E-state index contributed by atoms with van der Waals surface area (Å²) in [5.41, 5.74) is 0.913. The minimum atomic E-state index is -0.792. The Morgan fingerprint density at radius 2 is 2.21 bits per heavy atom. The molecule has 100 valence electrons. The Bertz CT molecular complexity index is 527. The summed E-state index contributed by atoms with van der Waals surface area (Å²) in [4.78, 5) is 21.5. The van der Waals surface area contributed by atoms with Crippen LogP contribution in [-0.2, 0) is 4.79 Å². The molecule has 0 spiro atoms. The first kappa shape index (κ1) is 12.9. The van der Waals surface area contributed by atoms with E-state index in [0.29, 0.717) is 24.6 Å². The molecule has 0 aliphatic rings. The molecule has 2 rings (SSSR count). The highest BCUT2D eigenvalue weighted by Crippen LogP contribution is 2.15. The molecule has 0 unspecified atom stereocenters. The zero-order valence-electron chi connectivity index (χ0n) is 10.3. The van der Waals surface area contributed by atoms with Crippen LogP contribution in [0.5, 0.6) is 0 Å². The summed E-state index contributed by atoms with van der Waals surface area (Å²) in [6.45, 7) is 0.562. The van der Waals surface area contributed by atoms with Gasteiger partial charge in [0.25, 0.3) is 0 Å². The normalized spacial score (nSPS) is 10.1. The first-order valence-corrected chi connectivity index (χ1v) is 5.91. The number of H-pyrrole nitrogens is 1. The number of carbonyl (C=O) groups is 1. The van der Waals surface area contributed by atoms with Gasteiger partial charge in [-0.25, -0.2) is 9.97 Å². The molecule has 7 heteroatoms. The third-order valence-corrected chi connectivity index (χ3v) is 2.41. The summed E-state index contributed by atoms with van der Waals surface area (Å²) < 4.78 is 0. The van der Waals surface area contributed by atoms with Gasteiger partial charge in [0.1, 0.15) is 18.0 Å². The third-order valence-electron chi connectivity index (χ3n) is 2.41. The average Bonchev–Trinajstić information content (AvgIpc) is 2.88. The second-order valence-electron chi connectivity index (χ2n) is 3.94. The summed E-state index contributed by atoms with van der Waals surface area (Å²) in [5.74, 6) is 0.549. The van der Waals surface area contributed by atoms with Gasteiger partial charge in [-0.3, -0.25) is 4.79 Å². The Labute approximate surface area is 110 Å². The summed E-state index contributed by atoms with van der Waals surface area (Å²) in [5, 5.41) is 14.7. The monoisotopic (exact) mass is 261 g/mol. The largest absolute Gasteiger partial charge is 0.481 e. The minimum absolute atomic E-state index is 0.145.